The SMILES string of the molecule is CC1(C(=O)N2CCCN2)CCCC1. The largest absolute Gasteiger partial charge is 0.278 e. The first-order valence-electron chi connectivity index (χ1n) is 5.28. The zero-order valence-electron chi connectivity index (χ0n) is 8.31. The summed E-state index contributed by atoms with van der Waals surface area (Å²) in [4.78, 5) is 12.0. The van der Waals surface area contributed by atoms with Crippen LogP contribution in [0.15, 0.2) is 0 Å². The number of rotatable bonds is 1. The van der Waals surface area contributed by atoms with Crippen LogP contribution in [0, 0.1) is 5.41 Å². The third kappa shape index (κ3) is 1.57. The van der Waals surface area contributed by atoms with Crippen LogP contribution in [0.2, 0.25) is 0 Å². The van der Waals surface area contributed by atoms with E-state index in [1.807, 2.05) is 5.01 Å². The summed E-state index contributed by atoms with van der Waals surface area (Å²) in [7, 11) is 0. The van der Waals surface area contributed by atoms with Crippen LogP contribution < -0.4 is 5.43 Å². The highest BCUT2D eigenvalue weighted by atomic mass is 16.2. The van der Waals surface area contributed by atoms with Gasteiger partial charge in [0.15, 0.2) is 0 Å². The third-order valence-electron chi connectivity index (χ3n) is 3.33. The fourth-order valence-electron chi connectivity index (χ4n) is 2.40. The van der Waals surface area contributed by atoms with Gasteiger partial charge in [0.05, 0.1) is 0 Å². The molecule has 0 aromatic rings. The van der Waals surface area contributed by atoms with Crippen molar-refractivity contribution in [1.82, 2.24) is 10.4 Å². The Bertz CT molecular complexity index is 203. The van der Waals surface area contributed by atoms with Crippen LogP contribution in [-0.4, -0.2) is 24.0 Å². The molecule has 1 aliphatic carbocycles. The maximum Gasteiger partial charge on any atom is 0.242 e. The minimum atomic E-state index is -0.0582. The highest BCUT2D eigenvalue weighted by Crippen LogP contribution is 2.39. The Labute approximate surface area is 79.5 Å². The molecule has 0 radical (unpaired) electrons. The first-order chi connectivity index (χ1) is 6.22. The van der Waals surface area contributed by atoms with Crippen LogP contribution in [0.3, 0.4) is 0 Å². The van der Waals surface area contributed by atoms with E-state index in [9.17, 15) is 4.79 Å². The van der Waals surface area contributed by atoms with Crippen LogP contribution in [-0.2, 0) is 4.79 Å². The second-order valence-electron chi connectivity index (χ2n) is 4.49. The Balaban J connectivity index is 2.02. The molecular formula is C10H18N2O. The molecule has 0 aromatic carbocycles. The Morgan fingerprint density at radius 2 is 2.00 bits per heavy atom. The van der Waals surface area contributed by atoms with E-state index in [-0.39, 0.29) is 5.41 Å². The summed E-state index contributed by atoms with van der Waals surface area (Å²) in [5.41, 5.74) is 3.08. The first-order valence-corrected chi connectivity index (χ1v) is 5.28. The van der Waals surface area contributed by atoms with Crippen molar-refractivity contribution in [1.29, 1.82) is 0 Å². The lowest BCUT2D eigenvalue weighted by atomic mass is 9.87. The molecule has 0 atom stereocenters. The van der Waals surface area contributed by atoms with E-state index < -0.39 is 0 Å². The predicted octanol–water partition coefficient (Wildman–Crippen LogP) is 1.30. The van der Waals surface area contributed by atoms with E-state index in [0.717, 1.165) is 32.4 Å². The number of hydrogen-bond donors (Lipinski definition) is 1. The molecule has 1 amide bonds. The molecule has 1 aliphatic heterocycles. The minimum absolute atomic E-state index is 0.0582. The number of hydrogen-bond acceptors (Lipinski definition) is 2. The molecule has 0 unspecified atom stereocenters. The van der Waals surface area contributed by atoms with Crippen LogP contribution in [0.1, 0.15) is 39.0 Å². The quantitative estimate of drug-likeness (QED) is 0.663. The average molecular weight is 182 g/mol. The molecule has 1 saturated carbocycles. The number of carbonyl (C=O) groups excluding carboxylic acids is 1. The molecule has 2 rings (SSSR count). The fourth-order valence-corrected chi connectivity index (χ4v) is 2.40. The zero-order valence-corrected chi connectivity index (χ0v) is 8.31. The van der Waals surface area contributed by atoms with Crippen molar-refractivity contribution in [2.24, 2.45) is 5.41 Å². The van der Waals surface area contributed by atoms with Gasteiger partial charge in [0.1, 0.15) is 0 Å². The fraction of sp³-hybridized carbons (Fsp3) is 0.900. The van der Waals surface area contributed by atoms with Crippen LogP contribution in [0.5, 0.6) is 0 Å². The van der Waals surface area contributed by atoms with Crippen molar-refractivity contribution < 1.29 is 4.79 Å². The van der Waals surface area contributed by atoms with Crippen molar-refractivity contribution in [3.63, 3.8) is 0 Å². The maximum atomic E-state index is 12.0. The van der Waals surface area contributed by atoms with Gasteiger partial charge in [-0.15, -0.1) is 0 Å². The molecule has 0 aromatic heterocycles. The standard InChI is InChI=1S/C10H18N2O/c1-10(5-2-3-6-10)9(13)12-8-4-7-11-12/h11H,2-8H2,1H3. The molecule has 3 heteroatoms. The second kappa shape index (κ2) is 3.29. The van der Waals surface area contributed by atoms with Crippen molar-refractivity contribution in [3.05, 3.63) is 0 Å². The van der Waals surface area contributed by atoms with Gasteiger partial charge in [-0.25, -0.2) is 5.43 Å². The first kappa shape index (κ1) is 9.00. The van der Waals surface area contributed by atoms with E-state index >= 15 is 0 Å². The number of hydrazine groups is 1. The van der Waals surface area contributed by atoms with Gasteiger partial charge < -0.3 is 0 Å². The topological polar surface area (TPSA) is 32.3 Å². The third-order valence-corrected chi connectivity index (χ3v) is 3.33. The summed E-state index contributed by atoms with van der Waals surface area (Å²) in [5.74, 6) is 0.322. The highest BCUT2D eigenvalue weighted by Gasteiger charge is 2.39. The lowest BCUT2D eigenvalue weighted by Gasteiger charge is -2.28. The van der Waals surface area contributed by atoms with Gasteiger partial charge in [0.2, 0.25) is 5.91 Å². The zero-order chi connectivity index (χ0) is 9.31. The van der Waals surface area contributed by atoms with Crippen molar-refractivity contribution >= 4 is 5.91 Å². The summed E-state index contributed by atoms with van der Waals surface area (Å²) in [6.45, 7) is 3.97. The number of carbonyl (C=O) groups is 1. The summed E-state index contributed by atoms with van der Waals surface area (Å²) in [6, 6.07) is 0. The number of amides is 1. The van der Waals surface area contributed by atoms with Crippen molar-refractivity contribution in [3.8, 4) is 0 Å². The van der Waals surface area contributed by atoms with Crippen LogP contribution in [0.25, 0.3) is 0 Å². The van der Waals surface area contributed by atoms with Crippen molar-refractivity contribution in [2.45, 2.75) is 39.0 Å². The number of nitrogens with one attached hydrogen (secondary N) is 1. The maximum absolute atomic E-state index is 12.0. The Morgan fingerprint density at radius 3 is 2.54 bits per heavy atom. The smallest absolute Gasteiger partial charge is 0.242 e. The lowest BCUT2D eigenvalue weighted by Crippen LogP contribution is -2.44. The van der Waals surface area contributed by atoms with Crippen molar-refractivity contribution in [2.75, 3.05) is 13.1 Å². The van der Waals surface area contributed by atoms with Gasteiger partial charge in [0, 0.05) is 18.5 Å². The second-order valence-corrected chi connectivity index (χ2v) is 4.49. The molecule has 0 bridgehead atoms. The van der Waals surface area contributed by atoms with E-state index in [2.05, 4.69) is 12.3 Å². The summed E-state index contributed by atoms with van der Waals surface area (Å²) in [6.07, 6.45) is 5.68. The Hall–Kier alpha value is -0.570. The molecule has 3 nitrogen and oxygen atoms in total. The van der Waals surface area contributed by atoms with Gasteiger partial charge >= 0.3 is 0 Å². The molecule has 1 N–H and O–H groups in total. The van der Waals surface area contributed by atoms with Gasteiger partial charge in [-0.2, -0.15) is 0 Å². The van der Waals surface area contributed by atoms with E-state index in [1.165, 1.54) is 12.8 Å². The van der Waals surface area contributed by atoms with E-state index in [4.69, 9.17) is 0 Å². The minimum Gasteiger partial charge on any atom is -0.278 e. The van der Waals surface area contributed by atoms with Crippen LogP contribution in [0.4, 0.5) is 0 Å². The van der Waals surface area contributed by atoms with Crippen LogP contribution >= 0.6 is 0 Å². The lowest BCUT2D eigenvalue weighted by molar-refractivity contribution is -0.142. The molecule has 74 valence electrons. The number of nitrogens with zero attached hydrogens (tertiary/aromatic N) is 1. The Morgan fingerprint density at radius 1 is 1.31 bits per heavy atom. The monoisotopic (exact) mass is 182 g/mol. The van der Waals surface area contributed by atoms with E-state index in [1.54, 1.807) is 0 Å². The summed E-state index contributed by atoms with van der Waals surface area (Å²) in [5, 5.41) is 1.82. The highest BCUT2D eigenvalue weighted by molar-refractivity contribution is 5.82. The Kier molecular flexibility index (Phi) is 2.28. The summed E-state index contributed by atoms with van der Waals surface area (Å²) < 4.78 is 0. The van der Waals surface area contributed by atoms with Gasteiger partial charge in [0.25, 0.3) is 0 Å². The van der Waals surface area contributed by atoms with E-state index in [0.29, 0.717) is 5.91 Å². The summed E-state index contributed by atoms with van der Waals surface area (Å²) >= 11 is 0. The average Bonchev–Trinajstić information content (AvgIpc) is 2.73. The predicted molar refractivity (Wildman–Crippen MR) is 50.9 cm³/mol. The van der Waals surface area contributed by atoms with Gasteiger partial charge in [-0.1, -0.05) is 19.8 Å². The molecule has 0 spiro atoms. The molecule has 13 heavy (non-hydrogen) atoms. The van der Waals surface area contributed by atoms with Gasteiger partial charge in [-0.05, 0) is 19.3 Å². The van der Waals surface area contributed by atoms with Gasteiger partial charge in [-0.3, -0.25) is 9.80 Å². The molecule has 2 fully saturated rings. The molecule has 2 aliphatic rings. The normalized spacial score (nSPS) is 26.7. The molecule has 1 saturated heterocycles. The molecule has 1 heterocycles. The molecular weight excluding hydrogens is 164 g/mol.